The molecule has 1 saturated heterocycles. The van der Waals surface area contributed by atoms with E-state index in [1.54, 1.807) is 6.20 Å². The Morgan fingerprint density at radius 3 is 3.05 bits per heavy atom. The zero-order valence-electron chi connectivity index (χ0n) is 12.2. The van der Waals surface area contributed by atoms with Gasteiger partial charge in [0.05, 0.1) is 11.7 Å². The van der Waals surface area contributed by atoms with Crippen LogP contribution in [0.4, 0.5) is 10.5 Å². The molecule has 6 heteroatoms. The van der Waals surface area contributed by atoms with Crippen molar-refractivity contribution >= 4 is 22.6 Å². The second-order valence-electron chi connectivity index (χ2n) is 5.57. The summed E-state index contributed by atoms with van der Waals surface area (Å²) in [7, 11) is 1.90. The van der Waals surface area contributed by atoms with Crippen LogP contribution in [0.5, 0.6) is 0 Å². The molecule has 2 aromatic rings. The molecule has 1 aliphatic heterocycles. The monoisotopic (exact) mass is 287 g/mol. The molecule has 3 rings (SSSR count). The van der Waals surface area contributed by atoms with E-state index in [1.807, 2.05) is 29.9 Å². The zero-order valence-corrected chi connectivity index (χ0v) is 12.2. The minimum atomic E-state index is -0.142. The summed E-state index contributed by atoms with van der Waals surface area (Å²) >= 11 is 0. The van der Waals surface area contributed by atoms with Gasteiger partial charge in [-0.2, -0.15) is 5.10 Å². The number of fused-ring (bicyclic) bond motifs is 1. The maximum absolute atomic E-state index is 11.9. The Kier molecular flexibility index (Phi) is 4.06. The van der Waals surface area contributed by atoms with Crippen molar-refractivity contribution in [3.63, 3.8) is 0 Å². The molecule has 6 nitrogen and oxygen atoms in total. The van der Waals surface area contributed by atoms with Crippen LogP contribution < -0.4 is 16.0 Å². The van der Waals surface area contributed by atoms with Gasteiger partial charge in [-0.15, -0.1) is 0 Å². The van der Waals surface area contributed by atoms with Crippen LogP contribution >= 0.6 is 0 Å². The Morgan fingerprint density at radius 1 is 1.43 bits per heavy atom. The van der Waals surface area contributed by atoms with Gasteiger partial charge in [-0.25, -0.2) is 4.79 Å². The van der Waals surface area contributed by atoms with Gasteiger partial charge in [0.1, 0.15) is 0 Å². The largest absolute Gasteiger partial charge is 0.338 e. The summed E-state index contributed by atoms with van der Waals surface area (Å²) in [5, 5.41) is 14.4. The van der Waals surface area contributed by atoms with Gasteiger partial charge in [-0.1, -0.05) is 0 Å². The summed E-state index contributed by atoms with van der Waals surface area (Å²) in [6.07, 6.45) is 4.05. The topological polar surface area (TPSA) is 71.0 Å². The fourth-order valence-corrected chi connectivity index (χ4v) is 2.74. The molecule has 2 heterocycles. The summed E-state index contributed by atoms with van der Waals surface area (Å²) in [6.45, 7) is 2.83. The van der Waals surface area contributed by atoms with E-state index in [2.05, 4.69) is 21.0 Å². The molecular weight excluding hydrogens is 266 g/mol. The Hall–Kier alpha value is -2.08. The number of nitrogens with one attached hydrogen (secondary N) is 3. The number of carbonyl (C=O) groups excluding carboxylic acids is 1. The first-order chi connectivity index (χ1) is 10.2. The van der Waals surface area contributed by atoms with E-state index in [0.29, 0.717) is 5.92 Å². The van der Waals surface area contributed by atoms with Crippen LogP contribution in [-0.4, -0.2) is 35.4 Å². The van der Waals surface area contributed by atoms with E-state index < -0.39 is 0 Å². The van der Waals surface area contributed by atoms with Gasteiger partial charge in [0.25, 0.3) is 0 Å². The Labute approximate surface area is 123 Å². The molecule has 112 valence electrons. The zero-order chi connectivity index (χ0) is 14.7. The number of carbonyl (C=O) groups is 1. The summed E-state index contributed by atoms with van der Waals surface area (Å²) in [4.78, 5) is 11.9. The number of urea groups is 1. The summed E-state index contributed by atoms with van der Waals surface area (Å²) in [5.74, 6) is 0.581. The number of piperidine rings is 1. The van der Waals surface area contributed by atoms with Crippen molar-refractivity contribution in [3.8, 4) is 0 Å². The number of nitrogens with zero attached hydrogens (tertiary/aromatic N) is 2. The Balaban J connectivity index is 1.55. The molecule has 1 fully saturated rings. The van der Waals surface area contributed by atoms with Crippen molar-refractivity contribution in [2.75, 3.05) is 25.0 Å². The minimum absolute atomic E-state index is 0.142. The predicted molar refractivity (Wildman–Crippen MR) is 83.3 cm³/mol. The van der Waals surface area contributed by atoms with E-state index in [9.17, 15) is 4.79 Å². The third kappa shape index (κ3) is 3.33. The van der Waals surface area contributed by atoms with E-state index in [-0.39, 0.29) is 6.03 Å². The summed E-state index contributed by atoms with van der Waals surface area (Å²) in [5.41, 5.74) is 1.84. The maximum atomic E-state index is 11.9. The van der Waals surface area contributed by atoms with Crippen molar-refractivity contribution in [1.29, 1.82) is 0 Å². The van der Waals surface area contributed by atoms with Gasteiger partial charge in [0.15, 0.2) is 0 Å². The van der Waals surface area contributed by atoms with Gasteiger partial charge in [-0.05, 0) is 50.0 Å². The summed E-state index contributed by atoms with van der Waals surface area (Å²) in [6, 6.07) is 5.66. The highest BCUT2D eigenvalue weighted by Gasteiger charge is 2.13. The highest BCUT2D eigenvalue weighted by atomic mass is 16.2. The van der Waals surface area contributed by atoms with Crippen LogP contribution in [0.2, 0.25) is 0 Å². The fraction of sp³-hybridized carbons (Fsp3) is 0.467. The van der Waals surface area contributed by atoms with Gasteiger partial charge in [0.2, 0.25) is 0 Å². The summed E-state index contributed by atoms with van der Waals surface area (Å²) < 4.78 is 1.82. The molecule has 0 radical (unpaired) electrons. The number of rotatable bonds is 3. The third-order valence-corrected chi connectivity index (χ3v) is 4.01. The van der Waals surface area contributed by atoms with Gasteiger partial charge in [0, 0.05) is 24.7 Å². The second kappa shape index (κ2) is 6.13. The molecule has 1 aliphatic rings. The highest BCUT2D eigenvalue weighted by Crippen LogP contribution is 2.18. The molecule has 3 N–H and O–H groups in total. The molecule has 1 aromatic heterocycles. The van der Waals surface area contributed by atoms with E-state index >= 15 is 0 Å². The minimum Gasteiger partial charge on any atom is -0.338 e. The molecule has 0 bridgehead atoms. The molecular formula is C15H21N5O. The third-order valence-electron chi connectivity index (χ3n) is 4.01. The SMILES string of the molecule is Cn1ncc2cc(NC(=O)NCC3CCNCC3)ccc21. The predicted octanol–water partition coefficient (Wildman–Crippen LogP) is 1.69. The number of aryl methyl sites for hydroxylation is 1. The quantitative estimate of drug-likeness (QED) is 0.804. The molecule has 21 heavy (non-hydrogen) atoms. The molecule has 0 aliphatic carbocycles. The van der Waals surface area contributed by atoms with Crippen molar-refractivity contribution in [2.24, 2.45) is 13.0 Å². The smallest absolute Gasteiger partial charge is 0.319 e. The van der Waals surface area contributed by atoms with Gasteiger partial charge >= 0.3 is 6.03 Å². The van der Waals surface area contributed by atoms with Crippen LogP contribution in [-0.2, 0) is 7.05 Å². The Morgan fingerprint density at radius 2 is 2.24 bits per heavy atom. The fourth-order valence-electron chi connectivity index (χ4n) is 2.74. The van der Waals surface area contributed by atoms with Gasteiger partial charge in [-0.3, -0.25) is 4.68 Å². The van der Waals surface area contributed by atoms with Crippen LogP contribution in [0.15, 0.2) is 24.4 Å². The average Bonchev–Trinajstić information content (AvgIpc) is 2.87. The number of anilines is 1. The van der Waals surface area contributed by atoms with E-state index in [0.717, 1.165) is 49.1 Å². The van der Waals surface area contributed by atoms with Crippen molar-refractivity contribution < 1.29 is 4.79 Å². The van der Waals surface area contributed by atoms with E-state index in [1.165, 1.54) is 0 Å². The number of hydrogen-bond donors (Lipinski definition) is 3. The van der Waals surface area contributed by atoms with Crippen molar-refractivity contribution in [2.45, 2.75) is 12.8 Å². The van der Waals surface area contributed by atoms with Crippen molar-refractivity contribution in [3.05, 3.63) is 24.4 Å². The van der Waals surface area contributed by atoms with E-state index in [4.69, 9.17) is 0 Å². The number of benzene rings is 1. The van der Waals surface area contributed by atoms with Crippen LogP contribution in [0.25, 0.3) is 10.9 Å². The maximum Gasteiger partial charge on any atom is 0.319 e. The standard InChI is InChI=1S/C15H21N5O/c1-20-14-3-2-13(8-12(14)10-18-20)19-15(21)17-9-11-4-6-16-7-5-11/h2-3,8,10-11,16H,4-7,9H2,1H3,(H2,17,19,21). The molecule has 2 amide bonds. The van der Waals surface area contributed by atoms with Crippen molar-refractivity contribution in [1.82, 2.24) is 20.4 Å². The first kappa shape index (κ1) is 13.9. The lowest BCUT2D eigenvalue weighted by Gasteiger charge is -2.22. The number of hydrogen-bond acceptors (Lipinski definition) is 3. The van der Waals surface area contributed by atoms with Gasteiger partial charge < -0.3 is 16.0 Å². The normalized spacial score (nSPS) is 16.0. The van der Waals surface area contributed by atoms with Crippen LogP contribution in [0.3, 0.4) is 0 Å². The highest BCUT2D eigenvalue weighted by molar-refractivity contribution is 5.92. The average molecular weight is 287 g/mol. The number of aromatic nitrogens is 2. The molecule has 0 atom stereocenters. The molecule has 0 saturated carbocycles. The number of amides is 2. The molecule has 1 aromatic carbocycles. The molecule has 0 spiro atoms. The lowest BCUT2D eigenvalue weighted by atomic mass is 9.98. The molecule has 0 unspecified atom stereocenters. The first-order valence-corrected chi connectivity index (χ1v) is 7.40. The lowest BCUT2D eigenvalue weighted by Crippen LogP contribution is -2.37. The second-order valence-corrected chi connectivity index (χ2v) is 5.57. The van der Waals surface area contributed by atoms with Crippen LogP contribution in [0.1, 0.15) is 12.8 Å². The van der Waals surface area contributed by atoms with Crippen LogP contribution in [0, 0.1) is 5.92 Å². The first-order valence-electron chi connectivity index (χ1n) is 7.40. The Bertz CT molecular complexity index is 630. The lowest BCUT2D eigenvalue weighted by molar-refractivity contribution is 0.248.